The van der Waals surface area contributed by atoms with Crippen molar-refractivity contribution in [3.8, 4) is 0 Å². The summed E-state index contributed by atoms with van der Waals surface area (Å²) in [6.07, 6.45) is 9.38. The van der Waals surface area contributed by atoms with Crippen molar-refractivity contribution in [2.75, 3.05) is 12.4 Å². The molecule has 0 saturated heterocycles. The van der Waals surface area contributed by atoms with Crippen molar-refractivity contribution >= 4 is 16.9 Å². The van der Waals surface area contributed by atoms with E-state index in [1.165, 1.54) is 32.0 Å². The second-order valence-electron chi connectivity index (χ2n) is 3.63. The van der Waals surface area contributed by atoms with Crippen LogP contribution in [-0.2, 0) is 0 Å². The zero-order valence-electron chi connectivity index (χ0n) is 8.95. The van der Waals surface area contributed by atoms with Crippen molar-refractivity contribution in [1.29, 1.82) is 0 Å². The van der Waals surface area contributed by atoms with Gasteiger partial charge in [-0.25, -0.2) is 9.97 Å². The third-order valence-electron chi connectivity index (χ3n) is 2.59. The van der Waals surface area contributed by atoms with E-state index in [4.69, 9.17) is 0 Å². The van der Waals surface area contributed by atoms with Gasteiger partial charge >= 0.3 is 0 Å². The van der Waals surface area contributed by atoms with E-state index in [1.54, 1.807) is 0 Å². The number of anilines is 1. The Kier molecular flexibility index (Phi) is 3.17. The second kappa shape index (κ2) is 4.77. The molecule has 0 radical (unpaired) electrons. The summed E-state index contributed by atoms with van der Waals surface area (Å²) in [7, 11) is 1.84. The fraction of sp³-hybridized carbons (Fsp3) is 0.455. The minimum Gasteiger partial charge on any atom is -0.372 e. The standard InChI is InChI=1S/C7H8N4.C4H8/c1-8-6-5-2-3-9-7(5)11-4-10-6;1-2-4-3-1/h2-4H,1H3,(H2,8,9,10,11);1-4H2. The normalized spacial score (nSPS) is 13.9. The molecule has 4 heteroatoms. The van der Waals surface area contributed by atoms with Gasteiger partial charge in [0.05, 0.1) is 5.39 Å². The van der Waals surface area contributed by atoms with E-state index in [9.17, 15) is 0 Å². The molecule has 15 heavy (non-hydrogen) atoms. The Bertz CT molecular complexity index is 413. The summed E-state index contributed by atoms with van der Waals surface area (Å²) >= 11 is 0. The van der Waals surface area contributed by atoms with Crippen molar-refractivity contribution in [2.45, 2.75) is 25.7 Å². The summed E-state index contributed by atoms with van der Waals surface area (Å²) in [6, 6.07) is 1.95. The Morgan fingerprint density at radius 1 is 1.20 bits per heavy atom. The molecule has 2 N–H and O–H groups in total. The van der Waals surface area contributed by atoms with Crippen LogP contribution in [0.15, 0.2) is 18.6 Å². The third-order valence-corrected chi connectivity index (χ3v) is 2.59. The van der Waals surface area contributed by atoms with Crippen LogP contribution in [0.3, 0.4) is 0 Å². The van der Waals surface area contributed by atoms with Crippen LogP contribution in [0.5, 0.6) is 0 Å². The Morgan fingerprint density at radius 3 is 2.53 bits per heavy atom. The molecular weight excluding hydrogens is 188 g/mol. The molecule has 2 aromatic rings. The molecule has 2 aromatic heterocycles. The average molecular weight is 204 g/mol. The van der Waals surface area contributed by atoms with Gasteiger partial charge in [-0.05, 0) is 6.07 Å². The monoisotopic (exact) mass is 204 g/mol. The van der Waals surface area contributed by atoms with Crippen LogP contribution in [0.1, 0.15) is 25.7 Å². The lowest BCUT2D eigenvalue weighted by atomic mass is 10.0. The number of hydrogen-bond acceptors (Lipinski definition) is 3. The fourth-order valence-electron chi connectivity index (χ4n) is 1.32. The quantitative estimate of drug-likeness (QED) is 0.750. The number of nitrogens with zero attached hydrogens (tertiary/aromatic N) is 2. The van der Waals surface area contributed by atoms with Gasteiger partial charge in [0.1, 0.15) is 17.8 Å². The molecule has 0 amide bonds. The number of aromatic nitrogens is 3. The smallest absolute Gasteiger partial charge is 0.142 e. The molecule has 0 aromatic carbocycles. The summed E-state index contributed by atoms with van der Waals surface area (Å²) in [5.41, 5.74) is 0.865. The fourth-order valence-corrected chi connectivity index (χ4v) is 1.32. The molecule has 1 aliphatic rings. The van der Waals surface area contributed by atoms with Gasteiger partial charge in [0.25, 0.3) is 0 Å². The first-order valence-electron chi connectivity index (χ1n) is 5.37. The van der Waals surface area contributed by atoms with E-state index >= 15 is 0 Å². The van der Waals surface area contributed by atoms with Crippen LogP contribution >= 0.6 is 0 Å². The SMILES string of the molecule is C1CCC1.CNc1ncnc2[nH]ccc12. The van der Waals surface area contributed by atoms with Crippen molar-refractivity contribution in [3.63, 3.8) is 0 Å². The Balaban J connectivity index is 0.000000179. The van der Waals surface area contributed by atoms with Crippen LogP contribution in [-0.4, -0.2) is 22.0 Å². The molecule has 3 rings (SSSR count). The minimum atomic E-state index is 0.858. The van der Waals surface area contributed by atoms with Crippen LogP contribution in [0.25, 0.3) is 11.0 Å². The van der Waals surface area contributed by atoms with E-state index in [2.05, 4.69) is 20.3 Å². The molecule has 80 valence electrons. The molecule has 2 heterocycles. The van der Waals surface area contributed by atoms with Gasteiger partial charge in [0, 0.05) is 13.2 Å². The van der Waals surface area contributed by atoms with E-state index in [-0.39, 0.29) is 0 Å². The predicted molar refractivity (Wildman–Crippen MR) is 61.9 cm³/mol. The first kappa shape index (κ1) is 9.96. The Morgan fingerprint density at radius 2 is 1.93 bits per heavy atom. The van der Waals surface area contributed by atoms with Gasteiger partial charge in [-0.15, -0.1) is 0 Å². The molecule has 1 aliphatic carbocycles. The molecule has 1 fully saturated rings. The summed E-state index contributed by atoms with van der Waals surface area (Å²) < 4.78 is 0. The number of fused-ring (bicyclic) bond motifs is 1. The molecule has 0 bridgehead atoms. The lowest BCUT2D eigenvalue weighted by molar-refractivity contribution is 0.504. The highest BCUT2D eigenvalue weighted by Crippen LogP contribution is 2.16. The van der Waals surface area contributed by atoms with Gasteiger partial charge in [-0.2, -0.15) is 0 Å². The molecular formula is C11H16N4. The maximum Gasteiger partial charge on any atom is 0.142 e. The van der Waals surface area contributed by atoms with Gasteiger partial charge in [-0.1, -0.05) is 25.7 Å². The zero-order valence-corrected chi connectivity index (χ0v) is 8.95. The van der Waals surface area contributed by atoms with Gasteiger partial charge in [0.2, 0.25) is 0 Å². The maximum absolute atomic E-state index is 4.06. The molecule has 0 spiro atoms. The maximum atomic E-state index is 4.06. The highest BCUT2D eigenvalue weighted by atomic mass is 15.0. The van der Waals surface area contributed by atoms with E-state index < -0.39 is 0 Å². The number of rotatable bonds is 1. The Hall–Kier alpha value is -1.58. The molecule has 0 unspecified atom stereocenters. The van der Waals surface area contributed by atoms with Crippen LogP contribution in [0, 0.1) is 0 Å². The van der Waals surface area contributed by atoms with Crippen molar-refractivity contribution in [1.82, 2.24) is 15.0 Å². The number of hydrogen-bond donors (Lipinski definition) is 2. The first-order valence-corrected chi connectivity index (χ1v) is 5.37. The predicted octanol–water partition coefficient (Wildman–Crippen LogP) is 2.56. The van der Waals surface area contributed by atoms with Crippen LogP contribution in [0.4, 0.5) is 5.82 Å². The van der Waals surface area contributed by atoms with Crippen molar-refractivity contribution in [2.24, 2.45) is 0 Å². The lowest BCUT2D eigenvalue weighted by Gasteiger charge is -2.05. The third kappa shape index (κ3) is 2.26. The average Bonchev–Trinajstić information content (AvgIpc) is 2.62. The lowest BCUT2D eigenvalue weighted by Crippen LogP contribution is -1.92. The van der Waals surface area contributed by atoms with E-state index in [0.717, 1.165) is 16.9 Å². The van der Waals surface area contributed by atoms with Crippen molar-refractivity contribution in [3.05, 3.63) is 18.6 Å². The highest BCUT2D eigenvalue weighted by molar-refractivity contribution is 5.86. The molecule has 1 saturated carbocycles. The molecule has 0 aliphatic heterocycles. The summed E-state index contributed by atoms with van der Waals surface area (Å²) in [4.78, 5) is 11.1. The molecule has 0 atom stereocenters. The van der Waals surface area contributed by atoms with E-state index in [0.29, 0.717) is 0 Å². The summed E-state index contributed by atoms with van der Waals surface area (Å²) in [6.45, 7) is 0. The minimum absolute atomic E-state index is 0.858. The molecule has 4 nitrogen and oxygen atoms in total. The van der Waals surface area contributed by atoms with Gasteiger partial charge in [-0.3, -0.25) is 0 Å². The summed E-state index contributed by atoms with van der Waals surface area (Å²) in [5.74, 6) is 0.858. The number of nitrogens with one attached hydrogen (secondary N) is 2. The highest BCUT2D eigenvalue weighted by Gasteiger charge is 1.99. The van der Waals surface area contributed by atoms with Gasteiger partial charge < -0.3 is 10.3 Å². The van der Waals surface area contributed by atoms with Gasteiger partial charge in [0.15, 0.2) is 0 Å². The largest absolute Gasteiger partial charge is 0.372 e. The van der Waals surface area contributed by atoms with Crippen LogP contribution in [0.2, 0.25) is 0 Å². The Labute approximate surface area is 89.1 Å². The number of H-pyrrole nitrogens is 1. The summed E-state index contributed by atoms with van der Waals surface area (Å²) in [5, 5.41) is 4.01. The first-order chi connectivity index (χ1) is 7.42. The van der Waals surface area contributed by atoms with Crippen LogP contribution < -0.4 is 5.32 Å². The van der Waals surface area contributed by atoms with E-state index in [1.807, 2.05) is 19.3 Å². The van der Waals surface area contributed by atoms with Crippen molar-refractivity contribution < 1.29 is 0 Å². The second-order valence-corrected chi connectivity index (χ2v) is 3.63. The number of aromatic amines is 1. The zero-order chi connectivity index (χ0) is 10.5. The topological polar surface area (TPSA) is 53.6 Å².